The lowest BCUT2D eigenvalue weighted by atomic mass is 10.0. The number of hydrogen-bond acceptors (Lipinski definition) is 3. The summed E-state index contributed by atoms with van der Waals surface area (Å²) in [6.45, 7) is 0.888. The maximum Gasteiger partial charge on any atom is 0.433 e. The molecule has 2 heterocycles. The summed E-state index contributed by atoms with van der Waals surface area (Å²) in [5.41, 5.74) is -0.356. The average Bonchev–Trinajstić information content (AvgIpc) is 2.16. The Morgan fingerprint density at radius 1 is 1.31 bits per heavy atom. The van der Waals surface area contributed by atoms with Crippen LogP contribution in [0.5, 0.6) is 0 Å². The summed E-state index contributed by atoms with van der Waals surface area (Å²) in [5, 5.41) is -0.337. The van der Waals surface area contributed by atoms with Crippen molar-refractivity contribution >= 4 is 11.6 Å². The highest BCUT2D eigenvalue weighted by Gasteiger charge is 2.38. The Hall–Kier alpha value is -0.880. The Morgan fingerprint density at radius 3 is 2.62 bits per heavy atom. The van der Waals surface area contributed by atoms with E-state index >= 15 is 0 Å². The molecule has 0 atom stereocenters. The molecule has 0 bridgehead atoms. The highest BCUT2D eigenvalue weighted by Crippen LogP contribution is 2.34. The van der Waals surface area contributed by atoms with Crippen LogP contribution in [0.15, 0.2) is 0 Å². The van der Waals surface area contributed by atoms with Gasteiger partial charge in [0.2, 0.25) is 5.28 Å². The Balaban J connectivity index is 2.56. The normalized spacial score (nSPS) is 17.3. The zero-order valence-electron chi connectivity index (χ0n) is 8.47. The van der Waals surface area contributed by atoms with Crippen LogP contribution in [-0.4, -0.2) is 28.5 Å². The fraction of sp³-hybridized carbons (Fsp3) is 0.556. The van der Waals surface area contributed by atoms with Crippen molar-refractivity contribution in [1.82, 2.24) is 14.9 Å². The molecular formula is C9H9ClF3N3. The van der Waals surface area contributed by atoms with Gasteiger partial charge in [-0.3, -0.25) is 0 Å². The molecule has 1 aromatic rings. The Bertz CT molecular complexity index is 419. The van der Waals surface area contributed by atoms with Gasteiger partial charge in [0.25, 0.3) is 0 Å². The van der Waals surface area contributed by atoms with Crippen molar-refractivity contribution in [3.05, 3.63) is 22.2 Å². The Morgan fingerprint density at radius 2 is 2.00 bits per heavy atom. The van der Waals surface area contributed by atoms with Crippen molar-refractivity contribution in [2.45, 2.75) is 19.1 Å². The van der Waals surface area contributed by atoms with Gasteiger partial charge in [-0.2, -0.15) is 13.2 Å². The van der Waals surface area contributed by atoms with E-state index in [2.05, 4.69) is 9.97 Å². The molecule has 7 heteroatoms. The van der Waals surface area contributed by atoms with Gasteiger partial charge in [0.1, 0.15) is 0 Å². The molecule has 2 rings (SSSR count). The molecule has 0 spiro atoms. The average molecular weight is 252 g/mol. The minimum absolute atomic E-state index is 0.144. The predicted molar refractivity (Wildman–Crippen MR) is 52.1 cm³/mol. The molecule has 0 saturated carbocycles. The molecule has 0 amide bonds. The minimum Gasteiger partial charge on any atom is -0.302 e. The van der Waals surface area contributed by atoms with Crippen LogP contribution >= 0.6 is 11.6 Å². The predicted octanol–water partition coefficient (Wildman–Crippen LogP) is 2.14. The first-order valence-corrected chi connectivity index (χ1v) is 5.07. The highest BCUT2D eigenvalue weighted by molar-refractivity contribution is 6.28. The van der Waals surface area contributed by atoms with Crippen molar-refractivity contribution in [1.29, 1.82) is 0 Å². The van der Waals surface area contributed by atoms with Crippen molar-refractivity contribution in [2.75, 3.05) is 13.6 Å². The van der Waals surface area contributed by atoms with Gasteiger partial charge in [-0.05, 0) is 18.6 Å². The van der Waals surface area contributed by atoms with Gasteiger partial charge >= 0.3 is 6.18 Å². The van der Waals surface area contributed by atoms with Crippen LogP contribution in [0, 0.1) is 0 Å². The third-order valence-electron chi connectivity index (χ3n) is 2.49. The second-order valence-corrected chi connectivity index (χ2v) is 4.09. The van der Waals surface area contributed by atoms with Crippen LogP contribution in [0.4, 0.5) is 13.2 Å². The maximum atomic E-state index is 12.7. The molecule has 0 aliphatic carbocycles. The van der Waals surface area contributed by atoms with Crippen molar-refractivity contribution in [3.8, 4) is 0 Å². The van der Waals surface area contributed by atoms with Gasteiger partial charge < -0.3 is 4.90 Å². The number of fused-ring (bicyclic) bond motifs is 1. The number of halogens is 4. The summed E-state index contributed by atoms with van der Waals surface area (Å²) in [5.74, 6) is 0. The van der Waals surface area contributed by atoms with E-state index < -0.39 is 11.9 Å². The van der Waals surface area contributed by atoms with E-state index in [1.807, 2.05) is 0 Å². The zero-order valence-corrected chi connectivity index (χ0v) is 9.23. The van der Waals surface area contributed by atoms with Gasteiger partial charge in [-0.1, -0.05) is 0 Å². The second-order valence-electron chi connectivity index (χ2n) is 3.75. The van der Waals surface area contributed by atoms with Crippen LogP contribution in [0.25, 0.3) is 0 Å². The summed E-state index contributed by atoms with van der Waals surface area (Å²) < 4.78 is 38.1. The lowest BCUT2D eigenvalue weighted by molar-refractivity contribution is -0.142. The molecule has 1 aliphatic heterocycles. The van der Waals surface area contributed by atoms with Crippen molar-refractivity contribution in [3.63, 3.8) is 0 Å². The van der Waals surface area contributed by atoms with E-state index in [-0.39, 0.29) is 17.4 Å². The fourth-order valence-electron chi connectivity index (χ4n) is 1.75. The fourth-order valence-corrected chi connectivity index (χ4v) is 1.94. The molecule has 0 saturated heterocycles. The van der Waals surface area contributed by atoms with E-state index in [0.29, 0.717) is 18.7 Å². The van der Waals surface area contributed by atoms with Gasteiger partial charge in [0.15, 0.2) is 5.69 Å². The standard InChI is InChI=1S/C9H9ClF3N3/c1-16-3-2-6-5(4-16)7(9(11,12)13)15-8(10)14-6/h2-4H2,1H3. The molecule has 3 nitrogen and oxygen atoms in total. The smallest absolute Gasteiger partial charge is 0.302 e. The lowest BCUT2D eigenvalue weighted by Crippen LogP contribution is -2.30. The first-order valence-electron chi connectivity index (χ1n) is 4.69. The molecule has 0 radical (unpaired) electrons. The molecule has 0 N–H and O–H groups in total. The van der Waals surface area contributed by atoms with Crippen LogP contribution in [0.3, 0.4) is 0 Å². The SMILES string of the molecule is CN1CCc2nc(Cl)nc(C(F)(F)F)c2C1. The third kappa shape index (κ3) is 2.12. The maximum absolute atomic E-state index is 12.7. The number of aromatic nitrogens is 2. The number of likely N-dealkylation sites (N-methyl/N-ethyl adjacent to an activating group) is 1. The van der Waals surface area contributed by atoms with Crippen LogP contribution in [0.1, 0.15) is 17.0 Å². The first kappa shape index (κ1) is 11.6. The molecule has 1 aromatic heterocycles. The summed E-state index contributed by atoms with van der Waals surface area (Å²) in [7, 11) is 1.76. The van der Waals surface area contributed by atoms with Gasteiger partial charge in [-0.15, -0.1) is 0 Å². The minimum atomic E-state index is -4.48. The second kappa shape index (κ2) is 3.85. The molecule has 0 fully saturated rings. The van der Waals surface area contributed by atoms with E-state index in [4.69, 9.17) is 11.6 Å². The van der Waals surface area contributed by atoms with Crippen LogP contribution in [0.2, 0.25) is 5.28 Å². The third-order valence-corrected chi connectivity index (χ3v) is 2.66. The number of alkyl halides is 3. The molecule has 16 heavy (non-hydrogen) atoms. The van der Waals surface area contributed by atoms with E-state index in [1.165, 1.54) is 0 Å². The zero-order chi connectivity index (χ0) is 11.9. The van der Waals surface area contributed by atoms with Crippen LogP contribution < -0.4 is 0 Å². The van der Waals surface area contributed by atoms with Gasteiger partial charge in [0.05, 0.1) is 5.69 Å². The van der Waals surface area contributed by atoms with Gasteiger partial charge in [-0.25, -0.2) is 9.97 Å². The molecule has 1 aliphatic rings. The quantitative estimate of drug-likeness (QED) is 0.662. The first-order chi connectivity index (χ1) is 7.38. The van der Waals surface area contributed by atoms with Gasteiger partial charge in [0, 0.05) is 25.1 Å². The van der Waals surface area contributed by atoms with Crippen molar-refractivity contribution < 1.29 is 13.2 Å². The van der Waals surface area contributed by atoms with E-state index in [1.54, 1.807) is 11.9 Å². The Kier molecular flexibility index (Phi) is 2.79. The number of nitrogens with zero attached hydrogens (tertiary/aromatic N) is 3. The van der Waals surface area contributed by atoms with Crippen molar-refractivity contribution in [2.24, 2.45) is 0 Å². The topological polar surface area (TPSA) is 29.0 Å². The molecular weight excluding hydrogens is 243 g/mol. The lowest BCUT2D eigenvalue weighted by Gasteiger charge is -2.26. The summed E-state index contributed by atoms with van der Waals surface area (Å²) >= 11 is 5.49. The molecule has 0 aromatic carbocycles. The summed E-state index contributed by atoms with van der Waals surface area (Å²) in [6.07, 6.45) is -4.01. The van der Waals surface area contributed by atoms with E-state index in [0.717, 1.165) is 0 Å². The summed E-state index contributed by atoms with van der Waals surface area (Å²) in [6, 6.07) is 0. The highest BCUT2D eigenvalue weighted by atomic mass is 35.5. The van der Waals surface area contributed by atoms with Crippen LogP contribution in [-0.2, 0) is 19.1 Å². The number of hydrogen-bond donors (Lipinski definition) is 0. The molecule has 88 valence electrons. The summed E-state index contributed by atoms with van der Waals surface area (Å²) in [4.78, 5) is 8.95. The van der Waals surface area contributed by atoms with E-state index in [9.17, 15) is 13.2 Å². The number of rotatable bonds is 0. The molecule has 0 unspecified atom stereocenters. The Labute approximate surface area is 95.2 Å². The largest absolute Gasteiger partial charge is 0.433 e. The monoisotopic (exact) mass is 251 g/mol.